The van der Waals surface area contributed by atoms with Gasteiger partial charge in [-0.15, -0.1) is 0 Å². The Morgan fingerprint density at radius 1 is 1.16 bits per heavy atom. The monoisotopic (exact) mass is 262 g/mol. The maximum absolute atomic E-state index is 12.1. The Morgan fingerprint density at radius 2 is 1.74 bits per heavy atom. The molecule has 0 spiro atoms. The number of rotatable bonds is 3. The summed E-state index contributed by atoms with van der Waals surface area (Å²) in [5.41, 5.74) is 1.77. The van der Waals surface area contributed by atoms with Crippen LogP contribution >= 0.6 is 0 Å². The van der Waals surface area contributed by atoms with Crippen molar-refractivity contribution in [3.05, 3.63) is 29.8 Å². The molecule has 104 valence electrons. The van der Waals surface area contributed by atoms with Crippen LogP contribution in [-0.2, 0) is 0 Å². The van der Waals surface area contributed by atoms with Crippen molar-refractivity contribution in [3.8, 4) is 0 Å². The van der Waals surface area contributed by atoms with Crippen molar-refractivity contribution in [1.82, 2.24) is 5.32 Å². The number of amides is 1. The van der Waals surface area contributed by atoms with Gasteiger partial charge in [0, 0.05) is 31.4 Å². The van der Waals surface area contributed by atoms with Crippen molar-refractivity contribution in [3.63, 3.8) is 0 Å². The second-order valence-electron chi connectivity index (χ2n) is 5.42. The average Bonchev–Trinajstić information content (AvgIpc) is 2.41. The summed E-state index contributed by atoms with van der Waals surface area (Å²) < 4.78 is 0. The molecule has 4 heteroatoms. The fourth-order valence-corrected chi connectivity index (χ4v) is 2.40. The van der Waals surface area contributed by atoms with E-state index in [1.165, 1.54) is 0 Å². The summed E-state index contributed by atoms with van der Waals surface area (Å²) in [7, 11) is 3.95. The summed E-state index contributed by atoms with van der Waals surface area (Å²) in [6.07, 6.45) is 3.10. The highest BCUT2D eigenvalue weighted by Gasteiger charge is 2.21. The number of carbonyl (C=O) groups is 1. The molecule has 0 bridgehead atoms. The molecule has 4 nitrogen and oxygen atoms in total. The van der Waals surface area contributed by atoms with Crippen LogP contribution in [0.4, 0.5) is 5.69 Å². The zero-order chi connectivity index (χ0) is 13.8. The molecule has 1 aliphatic rings. The summed E-state index contributed by atoms with van der Waals surface area (Å²) in [5.74, 6) is -0.0216. The number of anilines is 1. The number of hydrogen-bond donors (Lipinski definition) is 2. The van der Waals surface area contributed by atoms with E-state index in [1.807, 2.05) is 43.3 Å². The van der Waals surface area contributed by atoms with E-state index in [4.69, 9.17) is 0 Å². The van der Waals surface area contributed by atoms with Crippen molar-refractivity contribution in [2.24, 2.45) is 0 Å². The maximum atomic E-state index is 12.1. The van der Waals surface area contributed by atoms with Crippen LogP contribution in [0.1, 0.15) is 36.0 Å². The van der Waals surface area contributed by atoms with Crippen LogP contribution in [0.15, 0.2) is 24.3 Å². The van der Waals surface area contributed by atoms with Crippen molar-refractivity contribution in [1.29, 1.82) is 0 Å². The number of hydrogen-bond acceptors (Lipinski definition) is 3. The molecule has 1 aromatic carbocycles. The van der Waals surface area contributed by atoms with E-state index >= 15 is 0 Å². The number of nitrogens with one attached hydrogen (secondary N) is 1. The van der Waals surface area contributed by atoms with E-state index in [1.54, 1.807) is 0 Å². The first kappa shape index (κ1) is 13.9. The van der Waals surface area contributed by atoms with E-state index in [9.17, 15) is 9.90 Å². The van der Waals surface area contributed by atoms with Crippen LogP contribution in [-0.4, -0.2) is 37.3 Å². The Morgan fingerprint density at radius 3 is 2.26 bits per heavy atom. The van der Waals surface area contributed by atoms with Gasteiger partial charge in [-0.05, 0) is 49.9 Å². The number of carbonyl (C=O) groups excluding carboxylic acids is 1. The normalized spacial score (nSPS) is 22.9. The van der Waals surface area contributed by atoms with Gasteiger partial charge in [0.2, 0.25) is 0 Å². The van der Waals surface area contributed by atoms with Gasteiger partial charge >= 0.3 is 0 Å². The molecule has 0 heterocycles. The SMILES string of the molecule is CN(C)c1ccc(C(=O)NC2CCC(O)CC2)cc1. The molecule has 0 radical (unpaired) electrons. The lowest BCUT2D eigenvalue weighted by Gasteiger charge is -2.26. The van der Waals surface area contributed by atoms with Gasteiger partial charge in [-0.2, -0.15) is 0 Å². The fraction of sp³-hybridized carbons (Fsp3) is 0.533. The van der Waals surface area contributed by atoms with Gasteiger partial charge in [0.15, 0.2) is 0 Å². The lowest BCUT2D eigenvalue weighted by atomic mass is 9.93. The summed E-state index contributed by atoms with van der Waals surface area (Å²) in [6.45, 7) is 0. The summed E-state index contributed by atoms with van der Waals surface area (Å²) in [6, 6.07) is 7.79. The van der Waals surface area contributed by atoms with Crippen molar-refractivity contribution >= 4 is 11.6 Å². The molecule has 0 aliphatic heterocycles. The van der Waals surface area contributed by atoms with Gasteiger partial charge in [0.25, 0.3) is 5.91 Å². The molecule has 2 rings (SSSR count). The van der Waals surface area contributed by atoms with E-state index in [-0.39, 0.29) is 18.1 Å². The highest BCUT2D eigenvalue weighted by atomic mass is 16.3. The highest BCUT2D eigenvalue weighted by Crippen LogP contribution is 2.19. The Hall–Kier alpha value is -1.55. The quantitative estimate of drug-likeness (QED) is 0.873. The highest BCUT2D eigenvalue weighted by molar-refractivity contribution is 5.94. The van der Waals surface area contributed by atoms with E-state index in [0.717, 1.165) is 31.4 Å². The summed E-state index contributed by atoms with van der Waals surface area (Å²) >= 11 is 0. The fourth-order valence-electron chi connectivity index (χ4n) is 2.40. The molecule has 1 saturated carbocycles. The van der Waals surface area contributed by atoms with Crippen LogP contribution in [0, 0.1) is 0 Å². The van der Waals surface area contributed by atoms with Crippen LogP contribution in [0.25, 0.3) is 0 Å². The molecule has 0 atom stereocenters. The smallest absolute Gasteiger partial charge is 0.251 e. The molecular weight excluding hydrogens is 240 g/mol. The number of nitrogens with zero attached hydrogens (tertiary/aromatic N) is 1. The van der Waals surface area contributed by atoms with E-state index < -0.39 is 0 Å². The molecule has 19 heavy (non-hydrogen) atoms. The van der Waals surface area contributed by atoms with Crippen molar-refractivity contribution in [2.75, 3.05) is 19.0 Å². The van der Waals surface area contributed by atoms with Gasteiger partial charge in [-0.3, -0.25) is 4.79 Å². The van der Waals surface area contributed by atoms with Crippen LogP contribution < -0.4 is 10.2 Å². The topological polar surface area (TPSA) is 52.6 Å². The third kappa shape index (κ3) is 3.70. The standard InChI is InChI=1S/C15H22N2O2/c1-17(2)13-7-3-11(4-8-13)15(19)16-12-5-9-14(18)10-6-12/h3-4,7-8,12,14,18H,5-6,9-10H2,1-2H3,(H,16,19). The van der Waals surface area contributed by atoms with Gasteiger partial charge in [-0.25, -0.2) is 0 Å². The average molecular weight is 262 g/mol. The number of benzene rings is 1. The molecular formula is C15H22N2O2. The molecule has 2 N–H and O–H groups in total. The minimum absolute atomic E-state index is 0.0216. The Bertz CT molecular complexity index is 420. The Kier molecular flexibility index (Phi) is 4.43. The molecule has 1 aromatic rings. The predicted molar refractivity (Wildman–Crippen MR) is 76.5 cm³/mol. The van der Waals surface area contributed by atoms with Gasteiger partial charge in [0.05, 0.1) is 6.10 Å². The first-order valence-electron chi connectivity index (χ1n) is 6.82. The molecule has 1 aliphatic carbocycles. The van der Waals surface area contributed by atoms with Crippen molar-refractivity contribution in [2.45, 2.75) is 37.8 Å². The number of aliphatic hydroxyl groups is 1. The predicted octanol–water partition coefficient (Wildman–Crippen LogP) is 1.79. The third-order valence-corrected chi connectivity index (χ3v) is 3.68. The second kappa shape index (κ2) is 6.06. The third-order valence-electron chi connectivity index (χ3n) is 3.68. The zero-order valence-electron chi connectivity index (χ0n) is 11.6. The lowest BCUT2D eigenvalue weighted by Crippen LogP contribution is -2.38. The Labute approximate surface area is 114 Å². The molecule has 0 saturated heterocycles. The molecule has 1 fully saturated rings. The molecule has 0 aromatic heterocycles. The molecule has 0 unspecified atom stereocenters. The van der Waals surface area contributed by atoms with Crippen LogP contribution in [0.3, 0.4) is 0 Å². The largest absolute Gasteiger partial charge is 0.393 e. The minimum atomic E-state index is -0.187. The first-order chi connectivity index (χ1) is 9.06. The first-order valence-corrected chi connectivity index (χ1v) is 6.82. The maximum Gasteiger partial charge on any atom is 0.251 e. The van der Waals surface area contributed by atoms with E-state index in [0.29, 0.717) is 5.56 Å². The minimum Gasteiger partial charge on any atom is -0.393 e. The lowest BCUT2D eigenvalue weighted by molar-refractivity contribution is 0.0867. The van der Waals surface area contributed by atoms with Gasteiger partial charge in [0.1, 0.15) is 0 Å². The zero-order valence-corrected chi connectivity index (χ0v) is 11.6. The van der Waals surface area contributed by atoms with Crippen molar-refractivity contribution < 1.29 is 9.90 Å². The second-order valence-corrected chi connectivity index (χ2v) is 5.42. The van der Waals surface area contributed by atoms with Crippen LogP contribution in [0.5, 0.6) is 0 Å². The summed E-state index contributed by atoms with van der Waals surface area (Å²) in [4.78, 5) is 14.1. The Balaban J connectivity index is 1.92. The molecule has 1 amide bonds. The summed E-state index contributed by atoms with van der Waals surface area (Å²) in [5, 5.41) is 12.5. The van der Waals surface area contributed by atoms with E-state index in [2.05, 4.69) is 5.32 Å². The number of aliphatic hydroxyl groups excluding tert-OH is 1. The van der Waals surface area contributed by atoms with Gasteiger partial charge < -0.3 is 15.3 Å². The van der Waals surface area contributed by atoms with Crippen LogP contribution in [0.2, 0.25) is 0 Å². The van der Waals surface area contributed by atoms with Gasteiger partial charge in [-0.1, -0.05) is 0 Å².